The molecule has 0 aromatic heterocycles. The summed E-state index contributed by atoms with van der Waals surface area (Å²) < 4.78 is 10.6. The van der Waals surface area contributed by atoms with Gasteiger partial charge in [-0.1, -0.05) is 37.4 Å². The van der Waals surface area contributed by atoms with Crippen molar-refractivity contribution in [1.29, 1.82) is 0 Å². The lowest BCUT2D eigenvalue weighted by molar-refractivity contribution is 0.281. The van der Waals surface area contributed by atoms with Crippen molar-refractivity contribution < 1.29 is 9.47 Å². The highest BCUT2D eigenvalue weighted by Gasteiger charge is 2.18. The fourth-order valence-corrected chi connectivity index (χ4v) is 3.31. The van der Waals surface area contributed by atoms with Gasteiger partial charge in [0.1, 0.15) is 0 Å². The normalized spacial score (nSPS) is 22.1. The molecule has 118 valence electrons. The van der Waals surface area contributed by atoms with E-state index in [9.17, 15) is 0 Å². The molecule has 1 aromatic carbocycles. The van der Waals surface area contributed by atoms with Gasteiger partial charge in [0.25, 0.3) is 0 Å². The summed E-state index contributed by atoms with van der Waals surface area (Å²) in [5.74, 6) is 3.00. The predicted octanol–water partition coefficient (Wildman–Crippen LogP) is 4.27. The largest absolute Gasteiger partial charge is 0.493 e. The Bertz CT molecular complexity index is 456. The predicted molar refractivity (Wildman–Crippen MR) is 87.4 cm³/mol. The second-order valence-electron chi connectivity index (χ2n) is 6.03. The third-order valence-electron chi connectivity index (χ3n) is 4.45. The molecule has 0 amide bonds. The molecule has 1 aliphatic carbocycles. The van der Waals surface area contributed by atoms with Gasteiger partial charge in [0.05, 0.1) is 19.2 Å². The number of rotatable bonds is 6. The van der Waals surface area contributed by atoms with Gasteiger partial charge in [0, 0.05) is 6.54 Å². The summed E-state index contributed by atoms with van der Waals surface area (Å²) in [6.07, 6.45) is 5.41. The molecule has 4 heteroatoms. The molecule has 0 saturated heterocycles. The summed E-state index contributed by atoms with van der Waals surface area (Å²) in [5, 5.41) is 4.18. The third-order valence-corrected chi connectivity index (χ3v) is 4.86. The minimum absolute atomic E-state index is 0.616. The van der Waals surface area contributed by atoms with Crippen LogP contribution in [0.25, 0.3) is 0 Å². The van der Waals surface area contributed by atoms with E-state index in [4.69, 9.17) is 21.1 Å². The first kappa shape index (κ1) is 16.4. The topological polar surface area (TPSA) is 30.5 Å². The lowest BCUT2D eigenvalue weighted by atomic mass is 9.83. The van der Waals surface area contributed by atoms with Crippen molar-refractivity contribution >= 4 is 11.6 Å². The minimum Gasteiger partial charge on any atom is -0.493 e. The SMILES string of the molecule is COc1ccc(CNCC2CCC(C)CC2)c(Cl)c1OC. The Kier molecular flexibility index (Phi) is 6.19. The average Bonchev–Trinajstić information content (AvgIpc) is 2.50. The van der Waals surface area contributed by atoms with Gasteiger partial charge >= 0.3 is 0 Å². The summed E-state index contributed by atoms with van der Waals surface area (Å²) >= 11 is 6.39. The lowest BCUT2D eigenvalue weighted by Crippen LogP contribution is -2.25. The smallest absolute Gasteiger partial charge is 0.179 e. The number of hydrogen-bond acceptors (Lipinski definition) is 3. The molecule has 1 saturated carbocycles. The zero-order valence-electron chi connectivity index (χ0n) is 13.2. The fourth-order valence-electron chi connectivity index (χ4n) is 3.01. The maximum Gasteiger partial charge on any atom is 0.179 e. The Labute approximate surface area is 133 Å². The van der Waals surface area contributed by atoms with E-state index in [0.717, 1.165) is 30.5 Å². The highest BCUT2D eigenvalue weighted by Crippen LogP contribution is 2.37. The Hall–Kier alpha value is -0.930. The van der Waals surface area contributed by atoms with E-state index >= 15 is 0 Å². The van der Waals surface area contributed by atoms with Crippen LogP contribution in [-0.2, 0) is 6.54 Å². The van der Waals surface area contributed by atoms with E-state index in [1.807, 2.05) is 12.1 Å². The van der Waals surface area contributed by atoms with E-state index in [0.29, 0.717) is 16.5 Å². The molecule has 2 rings (SSSR count). The van der Waals surface area contributed by atoms with Crippen LogP contribution in [0.3, 0.4) is 0 Å². The molecule has 1 N–H and O–H groups in total. The van der Waals surface area contributed by atoms with E-state index in [2.05, 4.69) is 12.2 Å². The molecule has 0 unspecified atom stereocenters. The molecule has 0 aliphatic heterocycles. The molecule has 0 radical (unpaired) electrons. The van der Waals surface area contributed by atoms with Crippen molar-refractivity contribution in [2.75, 3.05) is 20.8 Å². The quantitative estimate of drug-likeness (QED) is 0.851. The number of hydrogen-bond donors (Lipinski definition) is 1. The van der Waals surface area contributed by atoms with Crippen LogP contribution in [0.15, 0.2) is 12.1 Å². The van der Waals surface area contributed by atoms with Gasteiger partial charge in [-0.25, -0.2) is 0 Å². The van der Waals surface area contributed by atoms with Crippen LogP contribution >= 0.6 is 11.6 Å². The van der Waals surface area contributed by atoms with Gasteiger partial charge in [-0.15, -0.1) is 0 Å². The monoisotopic (exact) mass is 311 g/mol. The highest BCUT2D eigenvalue weighted by molar-refractivity contribution is 6.33. The maximum atomic E-state index is 6.39. The molecule has 0 bridgehead atoms. The van der Waals surface area contributed by atoms with Crippen LogP contribution < -0.4 is 14.8 Å². The Balaban J connectivity index is 1.88. The Morgan fingerprint density at radius 3 is 2.48 bits per heavy atom. The Morgan fingerprint density at radius 2 is 1.86 bits per heavy atom. The first-order valence-corrected chi connectivity index (χ1v) is 8.13. The third kappa shape index (κ3) is 4.27. The van der Waals surface area contributed by atoms with Crippen molar-refractivity contribution in [3.05, 3.63) is 22.7 Å². The van der Waals surface area contributed by atoms with E-state index in [1.165, 1.54) is 25.7 Å². The van der Waals surface area contributed by atoms with Gasteiger partial charge < -0.3 is 14.8 Å². The molecule has 0 spiro atoms. The van der Waals surface area contributed by atoms with Crippen LogP contribution in [0.4, 0.5) is 0 Å². The zero-order valence-corrected chi connectivity index (χ0v) is 14.0. The van der Waals surface area contributed by atoms with E-state index in [1.54, 1.807) is 14.2 Å². The standard InChI is InChI=1S/C17H26ClNO2/c1-12-4-6-13(7-5-12)10-19-11-14-8-9-15(20-2)17(21-3)16(14)18/h8-9,12-13,19H,4-7,10-11H2,1-3H3. The van der Waals surface area contributed by atoms with Crippen molar-refractivity contribution in [2.24, 2.45) is 11.8 Å². The molecule has 1 aliphatic rings. The fraction of sp³-hybridized carbons (Fsp3) is 0.647. The molecule has 1 aromatic rings. The van der Waals surface area contributed by atoms with Crippen LogP contribution in [0, 0.1) is 11.8 Å². The van der Waals surface area contributed by atoms with E-state index in [-0.39, 0.29) is 0 Å². The molecular formula is C17H26ClNO2. The maximum absolute atomic E-state index is 6.39. The number of halogens is 1. The van der Waals surface area contributed by atoms with Crippen LogP contribution in [0.5, 0.6) is 11.5 Å². The molecule has 0 atom stereocenters. The summed E-state index contributed by atoms with van der Waals surface area (Å²) in [4.78, 5) is 0. The van der Waals surface area contributed by atoms with E-state index < -0.39 is 0 Å². The average molecular weight is 312 g/mol. The second kappa shape index (κ2) is 7.90. The molecule has 1 fully saturated rings. The highest BCUT2D eigenvalue weighted by atomic mass is 35.5. The van der Waals surface area contributed by atoms with Gasteiger partial charge in [-0.05, 0) is 42.9 Å². The summed E-state index contributed by atoms with van der Waals surface area (Å²) in [7, 11) is 3.24. The number of benzene rings is 1. The van der Waals surface area contributed by atoms with Crippen molar-refractivity contribution in [3.63, 3.8) is 0 Å². The van der Waals surface area contributed by atoms with Crippen LogP contribution in [-0.4, -0.2) is 20.8 Å². The van der Waals surface area contributed by atoms with Gasteiger partial charge in [-0.2, -0.15) is 0 Å². The van der Waals surface area contributed by atoms with Gasteiger partial charge in [0.2, 0.25) is 0 Å². The second-order valence-corrected chi connectivity index (χ2v) is 6.41. The summed E-state index contributed by atoms with van der Waals surface area (Å²) in [6.45, 7) is 4.19. The van der Waals surface area contributed by atoms with Crippen molar-refractivity contribution in [2.45, 2.75) is 39.2 Å². The van der Waals surface area contributed by atoms with Crippen LogP contribution in [0.2, 0.25) is 5.02 Å². The molecule has 21 heavy (non-hydrogen) atoms. The lowest BCUT2D eigenvalue weighted by Gasteiger charge is -2.26. The van der Waals surface area contributed by atoms with Gasteiger partial charge in [-0.3, -0.25) is 0 Å². The molecule has 3 nitrogen and oxygen atoms in total. The number of ether oxygens (including phenoxy) is 2. The number of methoxy groups -OCH3 is 2. The Morgan fingerprint density at radius 1 is 1.14 bits per heavy atom. The van der Waals surface area contributed by atoms with Crippen molar-refractivity contribution in [1.82, 2.24) is 5.32 Å². The first-order chi connectivity index (χ1) is 10.2. The van der Waals surface area contributed by atoms with Crippen LogP contribution in [0.1, 0.15) is 38.2 Å². The molecular weight excluding hydrogens is 286 g/mol. The zero-order chi connectivity index (χ0) is 15.2. The first-order valence-electron chi connectivity index (χ1n) is 7.75. The van der Waals surface area contributed by atoms with Gasteiger partial charge in [0.15, 0.2) is 11.5 Å². The number of nitrogens with one attached hydrogen (secondary N) is 1. The minimum atomic E-state index is 0.616. The molecule has 0 heterocycles. The van der Waals surface area contributed by atoms with Crippen molar-refractivity contribution in [3.8, 4) is 11.5 Å². The summed E-state index contributed by atoms with van der Waals surface area (Å²) in [6, 6.07) is 3.91. The summed E-state index contributed by atoms with van der Waals surface area (Å²) in [5.41, 5.74) is 1.05.